The molecule has 0 saturated carbocycles. The van der Waals surface area contributed by atoms with Crippen molar-refractivity contribution in [3.63, 3.8) is 0 Å². The van der Waals surface area contributed by atoms with Crippen LogP contribution in [0.1, 0.15) is 37.6 Å². The van der Waals surface area contributed by atoms with E-state index in [0.29, 0.717) is 12.0 Å². The molecule has 1 rings (SSSR count). The van der Waals surface area contributed by atoms with Crippen LogP contribution in [0.4, 0.5) is 0 Å². The lowest BCUT2D eigenvalue weighted by molar-refractivity contribution is -0.144. The molecule has 0 heterocycles. The van der Waals surface area contributed by atoms with E-state index in [1.165, 1.54) is 6.92 Å². The standard InChI is InChI=1S/C14H19NO3/c1-10(2)9-14(3,13(17)18)15-12(16)11-7-5-4-6-8-11/h4-8,10H,9H2,1-3H3,(H,15,16)(H,17,18). The Bertz CT molecular complexity index is 428. The summed E-state index contributed by atoms with van der Waals surface area (Å²) < 4.78 is 0. The Balaban J connectivity index is 2.85. The Morgan fingerprint density at radius 2 is 1.83 bits per heavy atom. The molecule has 4 nitrogen and oxygen atoms in total. The molecule has 1 aromatic rings. The van der Waals surface area contributed by atoms with Gasteiger partial charge in [-0.2, -0.15) is 0 Å². The zero-order valence-corrected chi connectivity index (χ0v) is 10.9. The second-order valence-electron chi connectivity index (χ2n) is 5.06. The first kappa shape index (κ1) is 14.2. The molecule has 1 unspecified atom stereocenters. The number of amides is 1. The van der Waals surface area contributed by atoms with Gasteiger partial charge >= 0.3 is 5.97 Å². The highest BCUT2D eigenvalue weighted by molar-refractivity contribution is 5.97. The van der Waals surface area contributed by atoms with Gasteiger partial charge < -0.3 is 10.4 Å². The molecule has 2 N–H and O–H groups in total. The van der Waals surface area contributed by atoms with E-state index in [1.54, 1.807) is 30.3 Å². The Morgan fingerprint density at radius 3 is 2.28 bits per heavy atom. The maximum absolute atomic E-state index is 12.0. The largest absolute Gasteiger partial charge is 0.480 e. The molecule has 0 fully saturated rings. The van der Waals surface area contributed by atoms with Crippen LogP contribution < -0.4 is 5.32 Å². The highest BCUT2D eigenvalue weighted by atomic mass is 16.4. The first-order valence-electron chi connectivity index (χ1n) is 5.96. The topological polar surface area (TPSA) is 66.4 Å². The van der Waals surface area contributed by atoms with Gasteiger partial charge in [-0.1, -0.05) is 32.0 Å². The van der Waals surface area contributed by atoms with E-state index >= 15 is 0 Å². The van der Waals surface area contributed by atoms with Gasteiger partial charge in [0, 0.05) is 5.56 Å². The number of hydrogen-bond acceptors (Lipinski definition) is 2. The summed E-state index contributed by atoms with van der Waals surface area (Å²) in [5.41, 5.74) is -0.769. The number of carboxylic acids is 1. The van der Waals surface area contributed by atoms with Crippen LogP contribution in [0.25, 0.3) is 0 Å². The molecule has 0 aromatic heterocycles. The fourth-order valence-corrected chi connectivity index (χ4v) is 1.92. The van der Waals surface area contributed by atoms with Crippen LogP contribution in [0.15, 0.2) is 30.3 Å². The van der Waals surface area contributed by atoms with Gasteiger partial charge in [0.1, 0.15) is 5.54 Å². The minimum Gasteiger partial charge on any atom is -0.480 e. The van der Waals surface area contributed by atoms with Gasteiger partial charge in [-0.25, -0.2) is 4.79 Å². The van der Waals surface area contributed by atoms with Crippen molar-refractivity contribution >= 4 is 11.9 Å². The van der Waals surface area contributed by atoms with E-state index in [9.17, 15) is 14.7 Å². The van der Waals surface area contributed by atoms with Crippen LogP contribution >= 0.6 is 0 Å². The maximum Gasteiger partial charge on any atom is 0.329 e. The van der Waals surface area contributed by atoms with Gasteiger partial charge in [0.05, 0.1) is 0 Å². The quantitative estimate of drug-likeness (QED) is 0.841. The van der Waals surface area contributed by atoms with Crippen LogP contribution in [0.2, 0.25) is 0 Å². The summed E-state index contributed by atoms with van der Waals surface area (Å²) in [5.74, 6) is -1.19. The summed E-state index contributed by atoms with van der Waals surface area (Å²) in [6, 6.07) is 8.62. The van der Waals surface area contributed by atoms with Crippen molar-refractivity contribution < 1.29 is 14.7 Å². The van der Waals surface area contributed by atoms with E-state index in [0.717, 1.165) is 0 Å². The van der Waals surface area contributed by atoms with Gasteiger partial charge in [0.2, 0.25) is 0 Å². The molecule has 98 valence electrons. The van der Waals surface area contributed by atoms with Crippen molar-refractivity contribution in [2.75, 3.05) is 0 Å². The van der Waals surface area contributed by atoms with E-state index in [1.807, 2.05) is 13.8 Å². The monoisotopic (exact) mass is 249 g/mol. The first-order valence-corrected chi connectivity index (χ1v) is 5.96. The molecule has 0 radical (unpaired) electrons. The third kappa shape index (κ3) is 3.58. The number of rotatable bonds is 5. The SMILES string of the molecule is CC(C)CC(C)(NC(=O)c1ccccc1)C(=O)O. The van der Waals surface area contributed by atoms with Crippen LogP contribution in [0.5, 0.6) is 0 Å². The van der Waals surface area contributed by atoms with Gasteiger partial charge in [-0.15, -0.1) is 0 Å². The second-order valence-corrected chi connectivity index (χ2v) is 5.06. The van der Waals surface area contributed by atoms with Crippen LogP contribution in [0, 0.1) is 5.92 Å². The average Bonchev–Trinajstić information content (AvgIpc) is 2.28. The molecule has 1 aromatic carbocycles. The van der Waals surface area contributed by atoms with E-state index in [4.69, 9.17) is 0 Å². The zero-order valence-electron chi connectivity index (χ0n) is 10.9. The van der Waals surface area contributed by atoms with Crippen molar-refractivity contribution in [1.29, 1.82) is 0 Å². The van der Waals surface area contributed by atoms with Crippen LogP contribution in [-0.4, -0.2) is 22.5 Å². The fourth-order valence-electron chi connectivity index (χ4n) is 1.92. The summed E-state index contributed by atoms with van der Waals surface area (Å²) >= 11 is 0. The van der Waals surface area contributed by atoms with Gasteiger partial charge in [0.15, 0.2) is 0 Å². The molecule has 1 amide bonds. The van der Waals surface area contributed by atoms with Gasteiger partial charge in [-0.3, -0.25) is 4.79 Å². The molecule has 0 spiro atoms. The molecule has 0 bridgehead atoms. The fraction of sp³-hybridized carbons (Fsp3) is 0.429. The highest BCUT2D eigenvalue weighted by Gasteiger charge is 2.35. The number of nitrogens with one attached hydrogen (secondary N) is 1. The van der Waals surface area contributed by atoms with E-state index < -0.39 is 11.5 Å². The van der Waals surface area contributed by atoms with E-state index in [2.05, 4.69) is 5.32 Å². The molecular formula is C14H19NO3. The highest BCUT2D eigenvalue weighted by Crippen LogP contribution is 2.17. The molecule has 0 aliphatic carbocycles. The predicted octanol–water partition coefficient (Wildman–Crippen LogP) is 2.31. The first-order chi connectivity index (χ1) is 8.35. The Labute approximate surface area is 107 Å². The van der Waals surface area contributed by atoms with Crippen molar-refractivity contribution in [1.82, 2.24) is 5.32 Å². The Hall–Kier alpha value is -1.84. The number of carbonyl (C=O) groups excluding carboxylic acids is 1. The summed E-state index contributed by atoms with van der Waals surface area (Å²) in [7, 11) is 0. The second kappa shape index (κ2) is 5.67. The molecule has 0 aliphatic rings. The molecule has 18 heavy (non-hydrogen) atoms. The number of aliphatic carboxylic acids is 1. The summed E-state index contributed by atoms with van der Waals surface area (Å²) in [6.07, 6.45) is 0.390. The van der Waals surface area contributed by atoms with Crippen molar-refractivity contribution in [3.05, 3.63) is 35.9 Å². The zero-order chi connectivity index (χ0) is 13.8. The maximum atomic E-state index is 12.0. The van der Waals surface area contributed by atoms with Crippen LogP contribution in [-0.2, 0) is 4.79 Å². The number of hydrogen-bond donors (Lipinski definition) is 2. The molecule has 0 aliphatic heterocycles. The minimum atomic E-state index is -1.24. The minimum absolute atomic E-state index is 0.183. The summed E-state index contributed by atoms with van der Waals surface area (Å²) in [5, 5.41) is 11.9. The van der Waals surface area contributed by atoms with Crippen molar-refractivity contribution in [2.24, 2.45) is 5.92 Å². The number of benzene rings is 1. The van der Waals surface area contributed by atoms with E-state index in [-0.39, 0.29) is 11.8 Å². The summed E-state index contributed by atoms with van der Waals surface area (Å²) in [4.78, 5) is 23.3. The lowest BCUT2D eigenvalue weighted by Gasteiger charge is -2.28. The molecule has 4 heteroatoms. The van der Waals surface area contributed by atoms with Crippen LogP contribution in [0.3, 0.4) is 0 Å². The third-order valence-corrected chi connectivity index (χ3v) is 2.71. The molecule has 0 saturated heterocycles. The van der Waals surface area contributed by atoms with Crippen molar-refractivity contribution in [2.45, 2.75) is 32.7 Å². The number of carboxylic acid groups (broad SMARTS) is 1. The average molecular weight is 249 g/mol. The molecule has 1 atom stereocenters. The van der Waals surface area contributed by atoms with Gasteiger partial charge in [-0.05, 0) is 31.4 Å². The Kier molecular flexibility index (Phi) is 4.48. The predicted molar refractivity (Wildman–Crippen MR) is 69.4 cm³/mol. The Morgan fingerprint density at radius 1 is 1.28 bits per heavy atom. The number of carbonyl (C=O) groups is 2. The normalized spacial score (nSPS) is 14.0. The van der Waals surface area contributed by atoms with Gasteiger partial charge in [0.25, 0.3) is 5.91 Å². The lowest BCUT2D eigenvalue weighted by atomic mass is 9.90. The summed E-state index contributed by atoms with van der Waals surface area (Å²) in [6.45, 7) is 5.39. The lowest BCUT2D eigenvalue weighted by Crippen LogP contribution is -2.53. The molecular weight excluding hydrogens is 230 g/mol. The smallest absolute Gasteiger partial charge is 0.329 e. The third-order valence-electron chi connectivity index (χ3n) is 2.71. The van der Waals surface area contributed by atoms with Crippen molar-refractivity contribution in [3.8, 4) is 0 Å².